The molecule has 7 nitrogen and oxygen atoms in total. The molecule has 0 bridgehead atoms. The summed E-state index contributed by atoms with van der Waals surface area (Å²) < 4.78 is 0. The summed E-state index contributed by atoms with van der Waals surface area (Å²) in [6, 6.07) is 0. The van der Waals surface area contributed by atoms with Crippen LogP contribution in [0.5, 0.6) is 0 Å². The van der Waals surface area contributed by atoms with Crippen molar-refractivity contribution in [1.82, 2.24) is 0 Å². The summed E-state index contributed by atoms with van der Waals surface area (Å²) in [5, 5.41) is 23.3. The van der Waals surface area contributed by atoms with Crippen LogP contribution in [0.2, 0.25) is 0 Å². The van der Waals surface area contributed by atoms with Crippen molar-refractivity contribution in [3.63, 3.8) is 0 Å². The summed E-state index contributed by atoms with van der Waals surface area (Å²) in [4.78, 5) is 22.6. The average Bonchev–Trinajstić information content (AvgIpc) is 2.03. The maximum atomic E-state index is 10.3. The van der Waals surface area contributed by atoms with Gasteiger partial charge in [0.2, 0.25) is 0 Å². The Kier molecular flexibility index (Phi) is 5.06. The third-order valence-corrected chi connectivity index (χ3v) is 1.40. The van der Waals surface area contributed by atoms with Crippen molar-refractivity contribution >= 4 is 11.9 Å². The first-order chi connectivity index (χ1) is 6.07. The Labute approximate surface area is 73.6 Å². The summed E-state index contributed by atoms with van der Waals surface area (Å²) >= 11 is 0. The minimum absolute atomic E-state index is 0.149. The number of carbonyl (C=O) groups is 2. The van der Waals surface area contributed by atoms with E-state index in [4.69, 9.17) is 5.53 Å². The molecule has 0 aliphatic heterocycles. The molecule has 0 aromatic heterocycles. The minimum atomic E-state index is -1.42. The summed E-state index contributed by atoms with van der Waals surface area (Å²) in [6.07, 6.45) is -0.538. The highest BCUT2D eigenvalue weighted by Crippen LogP contribution is 2.05. The molecule has 0 amide bonds. The molecule has 0 aromatic rings. The molecule has 0 saturated heterocycles. The number of azide groups is 1. The Morgan fingerprint density at radius 3 is 2.46 bits per heavy atom. The fraction of sp³-hybridized carbons (Fsp3) is 0.667. The van der Waals surface area contributed by atoms with Crippen molar-refractivity contribution in [3.8, 4) is 0 Å². The third-order valence-electron chi connectivity index (χ3n) is 1.40. The number of aliphatic carboxylic acids is 2. The van der Waals surface area contributed by atoms with Crippen LogP contribution in [-0.4, -0.2) is 18.5 Å². The van der Waals surface area contributed by atoms with Crippen molar-refractivity contribution in [2.24, 2.45) is 11.0 Å². The zero-order chi connectivity index (χ0) is 10.3. The second-order valence-electron chi connectivity index (χ2n) is 2.34. The summed E-state index contributed by atoms with van der Waals surface area (Å²) in [7, 11) is 0. The van der Waals surface area contributed by atoms with Gasteiger partial charge in [-0.2, -0.15) is 0 Å². The summed E-state index contributed by atoms with van der Waals surface area (Å²) in [5.74, 6) is -3.82. The molecular formula is C6H7N3O4-2. The highest BCUT2D eigenvalue weighted by atomic mass is 16.4. The molecule has 1 unspecified atom stereocenters. The van der Waals surface area contributed by atoms with Gasteiger partial charge in [0, 0.05) is 29.3 Å². The lowest BCUT2D eigenvalue weighted by Gasteiger charge is -2.15. The minimum Gasteiger partial charge on any atom is -0.550 e. The number of hydrogen-bond acceptors (Lipinski definition) is 5. The number of carbonyl (C=O) groups excluding carboxylic acids is 2. The number of carboxylic acids is 2. The first kappa shape index (κ1) is 11.2. The first-order valence-corrected chi connectivity index (χ1v) is 3.49. The van der Waals surface area contributed by atoms with E-state index in [1.54, 1.807) is 0 Å². The predicted molar refractivity (Wildman–Crippen MR) is 36.8 cm³/mol. The number of carboxylic acid groups (broad SMARTS) is 2. The standard InChI is InChI=1S/C6H9N3O4/c7-9-8-3-4(6(12)13)1-2-5(10)11/h4H,1-3H2,(H,10,11)(H,12,13)/p-2. The maximum absolute atomic E-state index is 10.3. The maximum Gasteiger partial charge on any atom is 0.0446 e. The van der Waals surface area contributed by atoms with Gasteiger partial charge in [-0.05, 0) is 18.4 Å². The number of rotatable bonds is 6. The van der Waals surface area contributed by atoms with Gasteiger partial charge >= 0.3 is 0 Å². The fourth-order valence-corrected chi connectivity index (χ4v) is 0.711. The zero-order valence-corrected chi connectivity index (χ0v) is 6.67. The summed E-state index contributed by atoms with van der Waals surface area (Å²) in [6.45, 7) is -0.299. The van der Waals surface area contributed by atoms with Gasteiger partial charge in [-0.25, -0.2) is 0 Å². The van der Waals surface area contributed by atoms with Crippen LogP contribution in [-0.2, 0) is 9.59 Å². The van der Waals surface area contributed by atoms with Crippen LogP contribution >= 0.6 is 0 Å². The highest BCUT2D eigenvalue weighted by Gasteiger charge is 2.08. The van der Waals surface area contributed by atoms with Gasteiger partial charge in [-0.1, -0.05) is 5.11 Å². The van der Waals surface area contributed by atoms with E-state index in [1.165, 1.54) is 0 Å². The number of hydrogen-bond donors (Lipinski definition) is 0. The van der Waals surface area contributed by atoms with E-state index in [0.29, 0.717) is 0 Å². The molecule has 0 N–H and O–H groups in total. The smallest absolute Gasteiger partial charge is 0.0446 e. The van der Waals surface area contributed by atoms with Crippen molar-refractivity contribution in [3.05, 3.63) is 10.4 Å². The van der Waals surface area contributed by atoms with Crippen LogP contribution in [0.25, 0.3) is 10.4 Å². The van der Waals surface area contributed by atoms with Crippen LogP contribution in [0.1, 0.15) is 12.8 Å². The van der Waals surface area contributed by atoms with E-state index in [-0.39, 0.29) is 19.4 Å². The first-order valence-electron chi connectivity index (χ1n) is 3.49. The topological polar surface area (TPSA) is 129 Å². The quantitative estimate of drug-likeness (QED) is 0.274. The normalized spacial score (nSPS) is 11.4. The molecule has 0 rings (SSSR count). The van der Waals surface area contributed by atoms with Gasteiger partial charge in [0.1, 0.15) is 0 Å². The van der Waals surface area contributed by atoms with Gasteiger partial charge in [0.15, 0.2) is 0 Å². The zero-order valence-electron chi connectivity index (χ0n) is 6.67. The lowest BCUT2D eigenvalue weighted by atomic mass is 10.0. The van der Waals surface area contributed by atoms with E-state index >= 15 is 0 Å². The van der Waals surface area contributed by atoms with Crippen LogP contribution in [0, 0.1) is 5.92 Å². The molecule has 0 spiro atoms. The predicted octanol–water partition coefficient (Wildman–Crippen LogP) is -1.81. The van der Waals surface area contributed by atoms with E-state index in [9.17, 15) is 19.8 Å². The molecule has 72 valence electrons. The molecule has 0 radical (unpaired) electrons. The largest absolute Gasteiger partial charge is 0.550 e. The van der Waals surface area contributed by atoms with Crippen LogP contribution in [0.4, 0.5) is 0 Å². The van der Waals surface area contributed by atoms with E-state index in [2.05, 4.69) is 10.0 Å². The molecule has 1 atom stereocenters. The van der Waals surface area contributed by atoms with Crippen molar-refractivity contribution in [1.29, 1.82) is 0 Å². The van der Waals surface area contributed by atoms with Gasteiger partial charge in [-0.3, -0.25) is 0 Å². The van der Waals surface area contributed by atoms with E-state index in [1.807, 2.05) is 0 Å². The Hall–Kier alpha value is -1.75. The Morgan fingerprint density at radius 1 is 1.46 bits per heavy atom. The molecule has 0 fully saturated rings. The van der Waals surface area contributed by atoms with Crippen molar-refractivity contribution in [2.75, 3.05) is 6.54 Å². The van der Waals surface area contributed by atoms with Crippen LogP contribution in [0.3, 0.4) is 0 Å². The highest BCUT2D eigenvalue weighted by molar-refractivity contribution is 5.70. The van der Waals surface area contributed by atoms with Gasteiger partial charge in [0.25, 0.3) is 0 Å². The molecule has 7 heteroatoms. The van der Waals surface area contributed by atoms with Gasteiger partial charge < -0.3 is 19.8 Å². The SMILES string of the molecule is [N-]=[N+]=NCC(CCC(=O)[O-])C(=O)[O-]. The molecular weight excluding hydrogens is 178 g/mol. The molecule has 0 heterocycles. The second kappa shape index (κ2) is 5.84. The fourth-order valence-electron chi connectivity index (χ4n) is 0.711. The van der Waals surface area contributed by atoms with Gasteiger partial charge in [-0.15, -0.1) is 0 Å². The average molecular weight is 185 g/mol. The van der Waals surface area contributed by atoms with Crippen LogP contribution in [0.15, 0.2) is 5.11 Å². The Morgan fingerprint density at radius 2 is 2.08 bits per heavy atom. The second-order valence-corrected chi connectivity index (χ2v) is 2.34. The van der Waals surface area contributed by atoms with E-state index in [0.717, 1.165) is 0 Å². The van der Waals surface area contributed by atoms with Crippen LogP contribution < -0.4 is 10.2 Å². The monoisotopic (exact) mass is 185 g/mol. The lowest BCUT2D eigenvalue weighted by Crippen LogP contribution is -2.34. The molecule has 0 aliphatic rings. The van der Waals surface area contributed by atoms with Gasteiger partial charge in [0.05, 0.1) is 0 Å². The van der Waals surface area contributed by atoms with Crippen molar-refractivity contribution < 1.29 is 19.8 Å². The number of nitrogens with zero attached hydrogens (tertiary/aromatic N) is 3. The Bertz CT molecular complexity index is 246. The molecule has 0 aliphatic carbocycles. The molecule has 13 heavy (non-hydrogen) atoms. The molecule has 0 saturated carbocycles. The Balaban J connectivity index is 4.01. The third kappa shape index (κ3) is 5.51. The lowest BCUT2D eigenvalue weighted by molar-refractivity contribution is -0.312. The molecule has 0 aromatic carbocycles. The van der Waals surface area contributed by atoms with Crippen molar-refractivity contribution in [2.45, 2.75) is 12.8 Å². The van der Waals surface area contributed by atoms with E-state index < -0.39 is 17.9 Å². The summed E-state index contributed by atoms with van der Waals surface area (Å²) in [5.41, 5.74) is 7.89.